The lowest BCUT2D eigenvalue weighted by Crippen LogP contribution is -2.55. The van der Waals surface area contributed by atoms with Gasteiger partial charge in [0, 0.05) is 45.0 Å². The van der Waals surface area contributed by atoms with E-state index in [1.165, 1.54) is 25.9 Å². The molecule has 1 aliphatic rings. The molecule has 0 fully saturated rings. The number of methoxy groups -OCH3 is 1. The second kappa shape index (κ2) is 7.79. The summed E-state index contributed by atoms with van der Waals surface area (Å²) in [6.07, 6.45) is -0.811. The largest absolute Gasteiger partial charge is 0.496 e. The first-order valence-corrected chi connectivity index (χ1v) is 10.7. The van der Waals surface area contributed by atoms with E-state index >= 15 is 0 Å². The predicted molar refractivity (Wildman–Crippen MR) is 125 cm³/mol. The van der Waals surface area contributed by atoms with E-state index in [1.807, 2.05) is 29.8 Å². The molecule has 8 nitrogen and oxygen atoms in total. The zero-order valence-electron chi connectivity index (χ0n) is 19.9. The normalized spacial score (nSPS) is 19.0. The maximum Gasteiger partial charge on any atom is 0.303 e. The van der Waals surface area contributed by atoms with Gasteiger partial charge in [-0.25, -0.2) is 0 Å². The number of ether oxygens (including phenoxy) is 3. The lowest BCUT2D eigenvalue weighted by Gasteiger charge is -2.47. The first-order valence-electron chi connectivity index (χ1n) is 10.7. The van der Waals surface area contributed by atoms with Gasteiger partial charge >= 0.3 is 5.97 Å². The molecule has 2 heterocycles. The summed E-state index contributed by atoms with van der Waals surface area (Å²) >= 11 is 0. The van der Waals surface area contributed by atoms with Crippen molar-refractivity contribution in [3.05, 3.63) is 46.1 Å². The van der Waals surface area contributed by atoms with Crippen molar-refractivity contribution in [2.45, 2.75) is 45.4 Å². The number of likely N-dealkylation sites (N-methyl/N-ethyl adjacent to an activating group) is 1. The molecule has 3 aromatic rings. The third-order valence-corrected chi connectivity index (χ3v) is 6.41. The Morgan fingerprint density at radius 1 is 1.18 bits per heavy atom. The lowest BCUT2D eigenvalue weighted by molar-refractivity contribution is -0.171. The van der Waals surface area contributed by atoms with E-state index < -0.39 is 23.7 Å². The van der Waals surface area contributed by atoms with E-state index in [2.05, 4.69) is 0 Å². The van der Waals surface area contributed by atoms with E-state index in [9.17, 15) is 14.4 Å². The van der Waals surface area contributed by atoms with Crippen molar-refractivity contribution < 1.29 is 23.8 Å². The molecule has 2 aromatic carbocycles. The van der Waals surface area contributed by atoms with Crippen molar-refractivity contribution in [3.8, 4) is 11.5 Å². The number of pyridine rings is 1. The monoisotopic (exact) mass is 452 g/mol. The Kier molecular flexibility index (Phi) is 5.35. The molecule has 33 heavy (non-hydrogen) atoms. The Balaban J connectivity index is 2.22. The molecule has 1 amide bonds. The van der Waals surface area contributed by atoms with Crippen molar-refractivity contribution >= 4 is 33.7 Å². The van der Waals surface area contributed by atoms with Gasteiger partial charge in [0.25, 0.3) is 0 Å². The summed E-state index contributed by atoms with van der Waals surface area (Å²) in [5.74, 6) is 0.145. The highest BCUT2D eigenvalue weighted by Gasteiger charge is 2.50. The zero-order valence-corrected chi connectivity index (χ0v) is 19.9. The minimum atomic E-state index is -0.957. The van der Waals surface area contributed by atoms with Crippen LogP contribution in [-0.4, -0.2) is 47.2 Å². The second-order valence-corrected chi connectivity index (χ2v) is 8.93. The number of aryl methyl sites for hydroxylation is 1. The van der Waals surface area contributed by atoms with Crippen LogP contribution >= 0.6 is 0 Å². The highest BCUT2D eigenvalue weighted by molar-refractivity contribution is 6.00. The van der Waals surface area contributed by atoms with Crippen LogP contribution in [0, 0.1) is 0 Å². The van der Waals surface area contributed by atoms with Gasteiger partial charge in [-0.15, -0.1) is 0 Å². The van der Waals surface area contributed by atoms with E-state index in [4.69, 9.17) is 14.2 Å². The van der Waals surface area contributed by atoms with Crippen molar-refractivity contribution in [3.63, 3.8) is 0 Å². The first-order chi connectivity index (χ1) is 15.5. The summed E-state index contributed by atoms with van der Waals surface area (Å²) in [5, 5.41) is 0.931. The highest BCUT2D eigenvalue weighted by Crippen LogP contribution is 2.49. The standard InChI is InChI=1S/C25H28N2O6/c1-13(28)26(5)22-19-18(33-25(3,4)24(22)32-14(2)29)12-17(31-7)20-21(19)27(6)16-11-9-8-10-15(16)23(20)30/h8-12,22,24H,1-7H3/t22-,24+/m0/s1. The Labute approximate surface area is 191 Å². The Bertz CT molecular complexity index is 1360. The minimum Gasteiger partial charge on any atom is -0.496 e. The number of rotatable bonds is 3. The van der Waals surface area contributed by atoms with Crippen molar-refractivity contribution in [1.82, 2.24) is 9.47 Å². The molecule has 174 valence electrons. The summed E-state index contributed by atoms with van der Waals surface area (Å²) in [6.45, 7) is 6.39. The van der Waals surface area contributed by atoms with E-state index in [0.717, 1.165) is 5.52 Å². The number of nitrogens with zero attached hydrogens (tertiary/aromatic N) is 2. The van der Waals surface area contributed by atoms with Crippen LogP contribution in [0.2, 0.25) is 0 Å². The molecule has 0 aliphatic carbocycles. The molecule has 4 rings (SSSR count). The van der Waals surface area contributed by atoms with Gasteiger partial charge in [-0.1, -0.05) is 12.1 Å². The Hall–Kier alpha value is -3.55. The number of carbonyl (C=O) groups excluding carboxylic acids is 2. The number of hydrogen-bond donors (Lipinski definition) is 0. The fourth-order valence-corrected chi connectivity index (χ4v) is 4.80. The number of amides is 1. The van der Waals surface area contributed by atoms with Crippen molar-refractivity contribution in [2.75, 3.05) is 14.2 Å². The highest BCUT2D eigenvalue weighted by atomic mass is 16.6. The molecule has 1 aliphatic heterocycles. The van der Waals surface area contributed by atoms with Crippen LogP contribution in [0.4, 0.5) is 0 Å². The summed E-state index contributed by atoms with van der Waals surface area (Å²) in [4.78, 5) is 39.8. The number of esters is 1. The third-order valence-electron chi connectivity index (χ3n) is 6.41. The van der Waals surface area contributed by atoms with Crippen molar-refractivity contribution in [1.29, 1.82) is 0 Å². The van der Waals surface area contributed by atoms with Crippen LogP contribution in [0.1, 0.15) is 39.3 Å². The molecular formula is C25H28N2O6. The van der Waals surface area contributed by atoms with Gasteiger partial charge < -0.3 is 23.7 Å². The molecule has 0 radical (unpaired) electrons. The fraction of sp³-hybridized carbons (Fsp3) is 0.400. The third kappa shape index (κ3) is 3.41. The fourth-order valence-electron chi connectivity index (χ4n) is 4.80. The summed E-state index contributed by atoms with van der Waals surface area (Å²) in [6, 6.07) is 8.31. The topological polar surface area (TPSA) is 87.1 Å². The molecule has 0 bridgehead atoms. The van der Waals surface area contributed by atoms with Crippen LogP contribution in [0.15, 0.2) is 35.1 Å². The summed E-state index contributed by atoms with van der Waals surface area (Å²) in [5.41, 5.74) is 0.750. The molecule has 0 saturated heterocycles. The molecule has 2 atom stereocenters. The maximum atomic E-state index is 13.6. The average molecular weight is 453 g/mol. The molecule has 0 spiro atoms. The Morgan fingerprint density at radius 2 is 1.85 bits per heavy atom. The molecular weight excluding hydrogens is 424 g/mol. The van der Waals surface area contributed by atoms with Gasteiger partial charge in [0.05, 0.1) is 23.5 Å². The molecule has 0 unspecified atom stereocenters. The van der Waals surface area contributed by atoms with Crippen LogP contribution in [0.25, 0.3) is 21.8 Å². The van der Waals surface area contributed by atoms with E-state index in [0.29, 0.717) is 33.4 Å². The van der Waals surface area contributed by atoms with Crippen LogP contribution < -0.4 is 14.9 Å². The minimum absolute atomic E-state index is 0.184. The number of carbonyl (C=O) groups is 2. The number of para-hydroxylation sites is 1. The molecule has 0 saturated carbocycles. The molecule has 8 heteroatoms. The van der Waals surface area contributed by atoms with Crippen LogP contribution in [0.5, 0.6) is 11.5 Å². The van der Waals surface area contributed by atoms with Gasteiger partial charge in [0.2, 0.25) is 11.3 Å². The van der Waals surface area contributed by atoms with E-state index in [-0.39, 0.29) is 11.3 Å². The Morgan fingerprint density at radius 3 is 2.45 bits per heavy atom. The van der Waals surface area contributed by atoms with Gasteiger partial charge in [0.1, 0.15) is 23.1 Å². The zero-order chi connectivity index (χ0) is 24.2. The lowest BCUT2D eigenvalue weighted by atomic mass is 9.83. The van der Waals surface area contributed by atoms with Gasteiger partial charge in [-0.05, 0) is 26.0 Å². The quantitative estimate of drug-likeness (QED) is 0.448. The smallest absolute Gasteiger partial charge is 0.303 e. The second-order valence-electron chi connectivity index (χ2n) is 8.93. The number of fused-ring (bicyclic) bond motifs is 4. The number of aromatic nitrogens is 1. The summed E-state index contributed by atoms with van der Waals surface area (Å²) in [7, 11) is 5.02. The van der Waals surface area contributed by atoms with Crippen LogP contribution in [0.3, 0.4) is 0 Å². The van der Waals surface area contributed by atoms with Gasteiger partial charge in [-0.3, -0.25) is 14.4 Å². The summed E-state index contributed by atoms with van der Waals surface area (Å²) < 4.78 is 19.6. The van der Waals surface area contributed by atoms with Crippen LogP contribution in [-0.2, 0) is 21.4 Å². The SMILES string of the molecule is COc1cc2c(c3c1c(=O)c1ccccc1n3C)[C@H](N(C)C(C)=O)[C@@H](OC(C)=O)C(C)(C)O2. The maximum absolute atomic E-state index is 13.6. The predicted octanol–water partition coefficient (Wildman–Crippen LogP) is 3.32. The molecule has 0 N–H and O–H groups in total. The average Bonchev–Trinajstić information content (AvgIpc) is 2.75. The van der Waals surface area contributed by atoms with Gasteiger partial charge in [0.15, 0.2) is 6.10 Å². The number of benzene rings is 2. The number of hydrogen-bond acceptors (Lipinski definition) is 6. The van der Waals surface area contributed by atoms with Crippen molar-refractivity contribution in [2.24, 2.45) is 7.05 Å². The first kappa shape index (κ1) is 22.6. The molecule has 1 aromatic heterocycles. The van der Waals surface area contributed by atoms with E-state index in [1.54, 1.807) is 33.0 Å². The van der Waals surface area contributed by atoms with Gasteiger partial charge in [-0.2, -0.15) is 0 Å².